The van der Waals surface area contributed by atoms with Gasteiger partial charge in [0.25, 0.3) is 0 Å². The van der Waals surface area contributed by atoms with Crippen LogP contribution in [0.15, 0.2) is 186 Å². The van der Waals surface area contributed by atoms with Gasteiger partial charge in [-0.1, -0.05) is 115 Å². The molecule has 13 rings (SSSR count). The van der Waals surface area contributed by atoms with E-state index < -0.39 is 5.97 Å². The number of anilines is 4. The summed E-state index contributed by atoms with van der Waals surface area (Å²) in [5, 5.41) is 10.9. The summed E-state index contributed by atoms with van der Waals surface area (Å²) in [6.07, 6.45) is 9.25. The van der Waals surface area contributed by atoms with Crippen molar-refractivity contribution >= 4 is 105 Å². The number of para-hydroxylation sites is 1. The molecule has 10 aromatic rings. The number of thiophene rings is 1. The molecule has 3 aliphatic rings. The molecule has 0 fully saturated rings. The number of methoxy groups -OCH3 is 1. The van der Waals surface area contributed by atoms with E-state index in [-0.39, 0.29) is 11.3 Å². The smallest absolute Gasteiger partial charge is 0.338 e. The van der Waals surface area contributed by atoms with Crippen molar-refractivity contribution in [3.63, 3.8) is 0 Å². The van der Waals surface area contributed by atoms with Crippen LogP contribution < -0.4 is 10.2 Å². The summed E-state index contributed by atoms with van der Waals surface area (Å²) in [5.41, 5.74) is 13.7. The van der Waals surface area contributed by atoms with Crippen LogP contribution in [0.3, 0.4) is 0 Å². The SMILES string of the molecule is COC(=O)c1cc(N(c2ccc(-c3cccc4ccccc34)cc2)c2ccc3oc4ccccc4c3c2)ccc1C1=CC2C=Cc3c4c(cc5c3sc3ccccc35)NC(=C1)C42C. The van der Waals surface area contributed by atoms with E-state index in [1.165, 1.54) is 54.7 Å². The Hall–Kier alpha value is -7.67. The van der Waals surface area contributed by atoms with E-state index in [0.29, 0.717) is 5.56 Å². The minimum Gasteiger partial charge on any atom is -0.465 e. The first-order chi connectivity index (χ1) is 30.9. The number of ether oxygens (including phenoxy) is 1. The van der Waals surface area contributed by atoms with Crippen LogP contribution in [0.5, 0.6) is 0 Å². The van der Waals surface area contributed by atoms with Gasteiger partial charge in [-0.2, -0.15) is 0 Å². The Labute approximate surface area is 367 Å². The van der Waals surface area contributed by atoms with E-state index in [1.807, 2.05) is 41.7 Å². The van der Waals surface area contributed by atoms with Crippen LogP contribution in [0.1, 0.15) is 34.0 Å². The lowest BCUT2D eigenvalue weighted by Gasteiger charge is -2.39. The molecule has 1 aliphatic heterocycles. The van der Waals surface area contributed by atoms with Crippen molar-refractivity contribution in [3.05, 3.63) is 204 Å². The summed E-state index contributed by atoms with van der Waals surface area (Å²) in [4.78, 5) is 16.2. The fraction of sp³-hybridized carbons (Fsp3) is 0.0702. The molecule has 3 heterocycles. The number of nitrogens with zero attached hydrogens (tertiary/aromatic N) is 1. The Kier molecular flexibility index (Phi) is 7.67. The molecule has 1 N–H and O–H groups in total. The number of nitrogens with one attached hydrogen (secondary N) is 1. The second-order valence-corrected chi connectivity index (χ2v) is 18.0. The lowest BCUT2D eigenvalue weighted by atomic mass is 9.63. The standard InChI is InChI=1S/C57H38N2O3S/c1-57-36-20-25-45-54(57)49(32-47-44-14-6-8-17-52(44)63-55(45)47)58-53(57)29-35(28-36)42-26-23-38(31-48(42)56(60)61-2)59(39-24-27-51-46(30-39)43-13-5-7-16-50(43)62-51)37-21-18-34(19-22-37)41-15-9-11-33-10-3-4-12-40(33)41/h3-32,36,58H,1-2H3. The highest BCUT2D eigenvalue weighted by molar-refractivity contribution is 7.26. The fourth-order valence-electron chi connectivity index (χ4n) is 10.6. The van der Waals surface area contributed by atoms with E-state index >= 15 is 0 Å². The van der Waals surface area contributed by atoms with Gasteiger partial charge in [0.15, 0.2) is 0 Å². The first kappa shape index (κ1) is 36.0. The fourth-order valence-corrected chi connectivity index (χ4v) is 11.8. The molecule has 2 aromatic heterocycles. The van der Waals surface area contributed by atoms with Gasteiger partial charge >= 0.3 is 5.97 Å². The summed E-state index contributed by atoms with van der Waals surface area (Å²) in [6, 6.07) is 55.3. The first-order valence-electron chi connectivity index (χ1n) is 21.3. The molecule has 2 aliphatic carbocycles. The lowest BCUT2D eigenvalue weighted by Crippen LogP contribution is -2.34. The molecule has 2 atom stereocenters. The van der Waals surface area contributed by atoms with Crippen molar-refractivity contribution in [3.8, 4) is 11.1 Å². The first-order valence-corrected chi connectivity index (χ1v) is 22.2. The number of furan rings is 1. The molecular weight excluding hydrogens is 793 g/mol. The highest BCUT2D eigenvalue weighted by Crippen LogP contribution is 2.59. The number of carbonyl (C=O) groups excluding carboxylic acids is 1. The number of esters is 1. The van der Waals surface area contributed by atoms with Crippen LogP contribution in [-0.4, -0.2) is 13.1 Å². The predicted octanol–water partition coefficient (Wildman–Crippen LogP) is 15.3. The van der Waals surface area contributed by atoms with E-state index in [2.05, 4.69) is 169 Å². The molecule has 5 nitrogen and oxygen atoms in total. The molecule has 8 aromatic carbocycles. The second kappa shape index (κ2) is 13.4. The van der Waals surface area contributed by atoms with Gasteiger partial charge in [-0.3, -0.25) is 0 Å². The molecule has 6 heteroatoms. The molecule has 300 valence electrons. The van der Waals surface area contributed by atoms with Crippen LogP contribution in [0, 0.1) is 5.92 Å². The van der Waals surface area contributed by atoms with Gasteiger partial charge < -0.3 is 19.4 Å². The third-order valence-electron chi connectivity index (χ3n) is 13.7. The average Bonchev–Trinajstić information content (AvgIpc) is 3.99. The van der Waals surface area contributed by atoms with E-state index in [0.717, 1.165) is 67.1 Å². The third kappa shape index (κ3) is 5.25. The largest absolute Gasteiger partial charge is 0.465 e. The van der Waals surface area contributed by atoms with Gasteiger partial charge in [0.05, 0.1) is 12.7 Å². The van der Waals surface area contributed by atoms with Crippen LogP contribution >= 0.6 is 11.3 Å². The topological polar surface area (TPSA) is 54.7 Å². The quantitative estimate of drug-likeness (QED) is 0.169. The Morgan fingerprint density at radius 3 is 2.30 bits per heavy atom. The maximum Gasteiger partial charge on any atom is 0.338 e. The van der Waals surface area contributed by atoms with Crippen LogP contribution in [0.4, 0.5) is 22.7 Å². The molecule has 0 bridgehead atoms. The molecule has 0 amide bonds. The van der Waals surface area contributed by atoms with Crippen molar-refractivity contribution in [2.45, 2.75) is 12.3 Å². The monoisotopic (exact) mass is 830 g/mol. The van der Waals surface area contributed by atoms with Gasteiger partial charge in [0.2, 0.25) is 0 Å². The molecule has 0 saturated heterocycles. The zero-order valence-electron chi connectivity index (χ0n) is 34.5. The van der Waals surface area contributed by atoms with Crippen LogP contribution in [-0.2, 0) is 10.2 Å². The zero-order chi connectivity index (χ0) is 42.0. The molecule has 0 spiro atoms. The maximum absolute atomic E-state index is 14.0. The summed E-state index contributed by atoms with van der Waals surface area (Å²) in [5.74, 6) is -0.308. The van der Waals surface area contributed by atoms with Gasteiger partial charge in [-0.15, -0.1) is 11.3 Å². The Balaban J connectivity index is 0.943. The lowest BCUT2D eigenvalue weighted by molar-refractivity contribution is 0.0600. The van der Waals surface area contributed by atoms with Crippen LogP contribution in [0.25, 0.3) is 75.7 Å². The number of fused-ring (bicyclic) bond motifs is 8. The zero-order valence-corrected chi connectivity index (χ0v) is 35.3. The molecule has 2 unspecified atom stereocenters. The van der Waals surface area contributed by atoms with E-state index in [4.69, 9.17) is 9.15 Å². The highest BCUT2D eigenvalue weighted by atomic mass is 32.1. The van der Waals surface area contributed by atoms with Crippen molar-refractivity contribution in [2.75, 3.05) is 17.3 Å². The molecule has 0 saturated carbocycles. The average molecular weight is 831 g/mol. The predicted molar refractivity (Wildman–Crippen MR) is 262 cm³/mol. The summed E-state index contributed by atoms with van der Waals surface area (Å²) < 4.78 is 14.4. The number of allylic oxidation sites excluding steroid dienone is 5. The summed E-state index contributed by atoms with van der Waals surface area (Å²) >= 11 is 1.87. The van der Waals surface area contributed by atoms with E-state index in [1.54, 1.807) is 0 Å². The Bertz CT molecular complexity index is 3690. The number of hydrogen-bond acceptors (Lipinski definition) is 6. The highest BCUT2D eigenvalue weighted by Gasteiger charge is 2.49. The minimum atomic E-state index is -0.390. The normalized spacial score (nSPS) is 17.3. The summed E-state index contributed by atoms with van der Waals surface area (Å²) in [7, 11) is 1.46. The van der Waals surface area contributed by atoms with Gasteiger partial charge in [-0.05, 0) is 118 Å². The number of hydrogen-bond donors (Lipinski definition) is 1. The van der Waals surface area contributed by atoms with Crippen molar-refractivity contribution in [2.24, 2.45) is 5.92 Å². The molecule has 0 radical (unpaired) electrons. The van der Waals surface area contributed by atoms with E-state index in [9.17, 15) is 4.79 Å². The van der Waals surface area contributed by atoms with Crippen molar-refractivity contribution < 1.29 is 13.9 Å². The van der Waals surface area contributed by atoms with Crippen LogP contribution in [0.2, 0.25) is 0 Å². The van der Waals surface area contributed by atoms with Gasteiger partial charge in [0.1, 0.15) is 11.2 Å². The maximum atomic E-state index is 14.0. The summed E-state index contributed by atoms with van der Waals surface area (Å²) in [6.45, 7) is 2.36. The molecular formula is C57H38N2O3S. The minimum absolute atomic E-state index is 0.0824. The second-order valence-electron chi connectivity index (χ2n) is 17.0. The molecule has 63 heavy (non-hydrogen) atoms. The van der Waals surface area contributed by atoms with Gasteiger partial charge in [-0.25, -0.2) is 4.79 Å². The van der Waals surface area contributed by atoms with Crippen molar-refractivity contribution in [1.29, 1.82) is 0 Å². The number of rotatable bonds is 6. The number of carbonyl (C=O) groups is 1. The third-order valence-corrected chi connectivity index (χ3v) is 14.9. The van der Waals surface area contributed by atoms with Gasteiger partial charge in [0, 0.05) is 70.7 Å². The van der Waals surface area contributed by atoms with Crippen molar-refractivity contribution in [1.82, 2.24) is 0 Å². The number of benzene rings is 8. The Morgan fingerprint density at radius 1 is 0.698 bits per heavy atom. The Morgan fingerprint density at radius 2 is 1.43 bits per heavy atom.